The predicted molar refractivity (Wildman–Crippen MR) is 84.2 cm³/mol. The number of nitro benzene ring substituents is 1. The molecule has 0 atom stereocenters. The van der Waals surface area contributed by atoms with Gasteiger partial charge in [0.2, 0.25) is 5.89 Å². The molecule has 7 nitrogen and oxygen atoms in total. The van der Waals surface area contributed by atoms with E-state index in [0.29, 0.717) is 11.6 Å². The highest BCUT2D eigenvalue weighted by Crippen LogP contribution is 2.19. The summed E-state index contributed by atoms with van der Waals surface area (Å²) in [5.74, 6) is -0.147. The second-order valence-corrected chi connectivity index (χ2v) is 4.89. The minimum absolute atomic E-state index is 0.0494. The minimum Gasteiger partial charge on any atom is -0.455 e. The maximum atomic E-state index is 11.9. The number of hydrogen-bond acceptors (Lipinski definition) is 6. The van der Waals surface area contributed by atoms with E-state index in [2.05, 4.69) is 4.98 Å². The number of carbonyl (C=O) groups excluding carboxylic acids is 1. The van der Waals surface area contributed by atoms with E-state index >= 15 is 0 Å². The molecule has 0 unspecified atom stereocenters. The lowest BCUT2D eigenvalue weighted by Crippen LogP contribution is -2.05. The van der Waals surface area contributed by atoms with Crippen molar-refractivity contribution in [2.45, 2.75) is 6.61 Å². The van der Waals surface area contributed by atoms with Crippen molar-refractivity contribution in [3.8, 4) is 11.5 Å². The van der Waals surface area contributed by atoms with Gasteiger partial charge in [-0.05, 0) is 24.3 Å². The summed E-state index contributed by atoms with van der Waals surface area (Å²) in [4.78, 5) is 26.2. The molecule has 120 valence electrons. The normalized spacial score (nSPS) is 10.3. The molecule has 0 spiro atoms. The van der Waals surface area contributed by atoms with Crippen LogP contribution < -0.4 is 0 Å². The van der Waals surface area contributed by atoms with Gasteiger partial charge in [-0.1, -0.05) is 18.2 Å². The molecule has 1 heterocycles. The molecular weight excluding hydrogens is 312 g/mol. The van der Waals surface area contributed by atoms with Gasteiger partial charge in [-0.2, -0.15) is 0 Å². The fraction of sp³-hybridized carbons (Fsp3) is 0.0588. The van der Waals surface area contributed by atoms with Crippen LogP contribution in [-0.4, -0.2) is 15.9 Å². The lowest BCUT2D eigenvalue weighted by Gasteiger charge is -2.02. The zero-order valence-electron chi connectivity index (χ0n) is 12.4. The summed E-state index contributed by atoms with van der Waals surface area (Å²) in [6.07, 6.45) is 1.42. The number of oxazole rings is 1. The molecule has 0 bridgehead atoms. The zero-order chi connectivity index (χ0) is 16.9. The highest BCUT2D eigenvalue weighted by molar-refractivity contribution is 5.89. The number of benzene rings is 2. The molecule has 1 aromatic heterocycles. The molecule has 0 aliphatic carbocycles. The summed E-state index contributed by atoms with van der Waals surface area (Å²) in [5, 5.41) is 10.6. The smallest absolute Gasteiger partial charge is 0.338 e. The summed E-state index contributed by atoms with van der Waals surface area (Å²) >= 11 is 0. The van der Waals surface area contributed by atoms with Gasteiger partial charge in [0.05, 0.1) is 10.5 Å². The van der Waals surface area contributed by atoms with Crippen LogP contribution in [0.3, 0.4) is 0 Å². The molecule has 24 heavy (non-hydrogen) atoms. The van der Waals surface area contributed by atoms with Gasteiger partial charge in [0.25, 0.3) is 5.69 Å². The molecule has 3 rings (SSSR count). The number of carbonyl (C=O) groups is 1. The molecule has 2 aromatic carbocycles. The Labute approximate surface area is 136 Å². The Bertz CT molecular complexity index is 856. The number of aromatic nitrogens is 1. The van der Waals surface area contributed by atoms with E-state index in [-0.39, 0.29) is 17.9 Å². The maximum absolute atomic E-state index is 11.9. The second-order valence-electron chi connectivity index (χ2n) is 4.89. The van der Waals surface area contributed by atoms with Crippen LogP contribution in [0.1, 0.15) is 16.1 Å². The molecule has 0 aliphatic rings. The molecule has 0 amide bonds. The van der Waals surface area contributed by atoms with Crippen LogP contribution in [0.5, 0.6) is 0 Å². The second kappa shape index (κ2) is 6.74. The number of esters is 1. The van der Waals surface area contributed by atoms with E-state index in [1.807, 2.05) is 30.3 Å². The van der Waals surface area contributed by atoms with Crippen LogP contribution in [0.2, 0.25) is 0 Å². The number of rotatable bonds is 5. The van der Waals surface area contributed by atoms with Gasteiger partial charge >= 0.3 is 5.97 Å². The Hall–Kier alpha value is -3.48. The van der Waals surface area contributed by atoms with Gasteiger partial charge in [-0.3, -0.25) is 10.1 Å². The molecule has 3 aromatic rings. The van der Waals surface area contributed by atoms with Crippen molar-refractivity contribution in [1.82, 2.24) is 4.98 Å². The third kappa shape index (κ3) is 3.46. The average molecular weight is 324 g/mol. The Kier molecular flexibility index (Phi) is 4.33. The number of nitrogens with zero attached hydrogens (tertiary/aromatic N) is 2. The van der Waals surface area contributed by atoms with E-state index in [4.69, 9.17) is 9.15 Å². The average Bonchev–Trinajstić information content (AvgIpc) is 3.09. The van der Waals surface area contributed by atoms with E-state index in [1.54, 1.807) is 0 Å². The van der Waals surface area contributed by atoms with Gasteiger partial charge in [0.15, 0.2) is 0 Å². The molecule has 0 saturated heterocycles. The summed E-state index contributed by atoms with van der Waals surface area (Å²) < 4.78 is 10.5. The highest BCUT2D eigenvalue weighted by Gasteiger charge is 2.12. The van der Waals surface area contributed by atoms with Gasteiger partial charge < -0.3 is 9.15 Å². The number of non-ortho nitro benzene ring substituents is 1. The van der Waals surface area contributed by atoms with Crippen LogP contribution in [0, 0.1) is 10.1 Å². The van der Waals surface area contributed by atoms with E-state index < -0.39 is 10.9 Å². The van der Waals surface area contributed by atoms with Crippen LogP contribution >= 0.6 is 0 Å². The highest BCUT2D eigenvalue weighted by atomic mass is 16.6. The van der Waals surface area contributed by atoms with E-state index in [9.17, 15) is 14.9 Å². The molecule has 7 heteroatoms. The summed E-state index contributed by atoms with van der Waals surface area (Å²) in [5.41, 5.74) is 1.44. The first-order valence-electron chi connectivity index (χ1n) is 7.05. The van der Waals surface area contributed by atoms with Gasteiger partial charge in [0, 0.05) is 17.7 Å². The molecular formula is C17H12N2O5. The van der Waals surface area contributed by atoms with Gasteiger partial charge in [-0.15, -0.1) is 0 Å². The quantitative estimate of drug-likeness (QED) is 0.404. The Balaban J connectivity index is 1.62. The van der Waals surface area contributed by atoms with Crippen molar-refractivity contribution in [3.05, 3.63) is 82.2 Å². The largest absolute Gasteiger partial charge is 0.455 e. The third-order valence-electron chi connectivity index (χ3n) is 3.24. The first kappa shape index (κ1) is 15.4. The Morgan fingerprint density at radius 3 is 2.50 bits per heavy atom. The van der Waals surface area contributed by atoms with Crippen LogP contribution in [0.15, 0.2) is 65.3 Å². The van der Waals surface area contributed by atoms with Crippen LogP contribution in [0.4, 0.5) is 5.69 Å². The first-order chi connectivity index (χ1) is 11.6. The fourth-order valence-corrected chi connectivity index (χ4v) is 2.03. The van der Waals surface area contributed by atoms with E-state index in [1.165, 1.54) is 30.5 Å². The van der Waals surface area contributed by atoms with Crippen molar-refractivity contribution < 1.29 is 18.9 Å². The molecule has 0 N–H and O–H groups in total. The molecule has 0 fully saturated rings. The molecule has 0 aliphatic heterocycles. The fourth-order valence-electron chi connectivity index (χ4n) is 2.03. The topological polar surface area (TPSA) is 95.5 Å². The van der Waals surface area contributed by atoms with Crippen molar-refractivity contribution in [2.75, 3.05) is 0 Å². The number of hydrogen-bond donors (Lipinski definition) is 0. The third-order valence-corrected chi connectivity index (χ3v) is 3.24. The number of nitro groups is 1. The first-order valence-corrected chi connectivity index (χ1v) is 7.05. The van der Waals surface area contributed by atoms with Gasteiger partial charge in [0.1, 0.15) is 18.6 Å². The van der Waals surface area contributed by atoms with Crippen molar-refractivity contribution >= 4 is 11.7 Å². The standard InChI is InChI=1S/C17H12N2O5/c20-17(13-6-8-15(9-7-13)19(21)22)24-11-14-10-23-16(18-14)12-4-2-1-3-5-12/h1-10H,11H2. The summed E-state index contributed by atoms with van der Waals surface area (Å²) in [6.45, 7) is -0.0494. The van der Waals surface area contributed by atoms with Crippen LogP contribution in [-0.2, 0) is 11.3 Å². The van der Waals surface area contributed by atoms with Crippen molar-refractivity contribution in [3.63, 3.8) is 0 Å². The van der Waals surface area contributed by atoms with Gasteiger partial charge in [-0.25, -0.2) is 9.78 Å². The predicted octanol–water partition coefficient (Wildman–Crippen LogP) is 3.61. The molecule has 0 saturated carbocycles. The Morgan fingerprint density at radius 2 is 1.83 bits per heavy atom. The zero-order valence-corrected chi connectivity index (χ0v) is 12.4. The van der Waals surface area contributed by atoms with Crippen LogP contribution in [0.25, 0.3) is 11.5 Å². The lowest BCUT2D eigenvalue weighted by molar-refractivity contribution is -0.384. The van der Waals surface area contributed by atoms with E-state index in [0.717, 1.165) is 5.56 Å². The van der Waals surface area contributed by atoms with Crippen molar-refractivity contribution in [2.24, 2.45) is 0 Å². The SMILES string of the molecule is O=C(OCc1coc(-c2ccccc2)n1)c1ccc([N+](=O)[O-])cc1. The summed E-state index contributed by atoms with van der Waals surface area (Å²) in [6, 6.07) is 14.5. The Morgan fingerprint density at radius 1 is 1.12 bits per heavy atom. The number of ether oxygens (including phenoxy) is 1. The van der Waals surface area contributed by atoms with Crippen molar-refractivity contribution in [1.29, 1.82) is 0 Å². The minimum atomic E-state index is -0.589. The maximum Gasteiger partial charge on any atom is 0.338 e. The summed E-state index contributed by atoms with van der Waals surface area (Å²) in [7, 11) is 0. The monoisotopic (exact) mass is 324 g/mol. The molecule has 0 radical (unpaired) electrons. The lowest BCUT2D eigenvalue weighted by atomic mass is 10.2.